The summed E-state index contributed by atoms with van der Waals surface area (Å²) in [5.74, 6) is 2.59. The Bertz CT molecular complexity index is 1290. The van der Waals surface area contributed by atoms with Crippen LogP contribution in [0.4, 0.5) is 11.5 Å². The van der Waals surface area contributed by atoms with Crippen molar-refractivity contribution < 1.29 is 14.5 Å². The topological polar surface area (TPSA) is 84.4 Å². The van der Waals surface area contributed by atoms with Gasteiger partial charge in [0.15, 0.2) is 0 Å². The van der Waals surface area contributed by atoms with Crippen LogP contribution < -0.4 is 19.9 Å². The van der Waals surface area contributed by atoms with E-state index >= 15 is 0 Å². The first-order valence-electron chi connectivity index (χ1n) is 11.3. The summed E-state index contributed by atoms with van der Waals surface area (Å²) < 4.78 is 5.96. The summed E-state index contributed by atoms with van der Waals surface area (Å²) in [6, 6.07) is 15.5. The van der Waals surface area contributed by atoms with Crippen molar-refractivity contribution in [3.63, 3.8) is 0 Å². The van der Waals surface area contributed by atoms with Crippen molar-refractivity contribution in [3.05, 3.63) is 72.2 Å². The van der Waals surface area contributed by atoms with Crippen LogP contribution in [0.2, 0.25) is 0 Å². The third-order valence-electron chi connectivity index (χ3n) is 6.20. The molecule has 3 N–H and O–H groups in total. The number of nitrogens with zero attached hydrogens (tertiary/aromatic N) is 2. The second-order valence-electron chi connectivity index (χ2n) is 8.64. The van der Waals surface area contributed by atoms with Gasteiger partial charge in [-0.15, -0.1) is 0 Å². The number of aromatic amines is 2. The number of carbonyl (C=O) groups is 1. The zero-order valence-corrected chi connectivity index (χ0v) is 18.9. The average molecular weight is 443 g/mol. The van der Waals surface area contributed by atoms with Crippen LogP contribution in [0.1, 0.15) is 24.0 Å². The van der Waals surface area contributed by atoms with Crippen LogP contribution >= 0.6 is 0 Å². The highest BCUT2D eigenvalue weighted by Crippen LogP contribution is 2.29. The van der Waals surface area contributed by atoms with Crippen LogP contribution in [0.5, 0.6) is 11.5 Å². The molecule has 2 aromatic carbocycles. The molecule has 0 unspecified atom stereocenters. The van der Waals surface area contributed by atoms with E-state index in [1.165, 1.54) is 0 Å². The van der Waals surface area contributed by atoms with E-state index in [9.17, 15) is 4.79 Å². The number of benzene rings is 2. The quantitative estimate of drug-likeness (QED) is 0.472. The normalized spacial score (nSPS) is 14.4. The van der Waals surface area contributed by atoms with Crippen LogP contribution in [0.15, 0.2) is 61.1 Å². The van der Waals surface area contributed by atoms with E-state index in [-0.39, 0.29) is 11.8 Å². The molecule has 0 aliphatic carbocycles. The zero-order chi connectivity index (χ0) is 22.8. The highest BCUT2D eigenvalue weighted by molar-refractivity contribution is 5.93. The molecule has 0 saturated carbocycles. The summed E-state index contributed by atoms with van der Waals surface area (Å²) in [4.78, 5) is 26.2. The highest BCUT2D eigenvalue weighted by Gasteiger charge is 2.30. The molecule has 1 amide bonds. The first kappa shape index (κ1) is 21.0. The lowest BCUT2D eigenvalue weighted by Crippen LogP contribution is -2.40. The summed E-state index contributed by atoms with van der Waals surface area (Å²) in [5, 5.41) is 4.19. The van der Waals surface area contributed by atoms with Crippen LogP contribution in [0, 0.1) is 19.8 Å². The summed E-state index contributed by atoms with van der Waals surface area (Å²) >= 11 is 0. The van der Waals surface area contributed by atoms with E-state index < -0.39 is 0 Å². The van der Waals surface area contributed by atoms with Crippen molar-refractivity contribution in [2.24, 2.45) is 5.92 Å². The van der Waals surface area contributed by atoms with Crippen molar-refractivity contribution in [1.29, 1.82) is 0 Å². The Hall–Kier alpha value is -3.87. The van der Waals surface area contributed by atoms with E-state index in [2.05, 4.69) is 32.1 Å². The van der Waals surface area contributed by atoms with Crippen molar-refractivity contribution in [2.75, 3.05) is 23.3 Å². The number of nitrogens with one attached hydrogen (secondary N) is 3. The van der Waals surface area contributed by atoms with E-state index in [1.54, 1.807) is 6.33 Å². The molecule has 1 fully saturated rings. The van der Waals surface area contributed by atoms with Gasteiger partial charge in [-0.05, 0) is 62.1 Å². The average Bonchev–Trinajstić information content (AvgIpc) is 3.20. The molecule has 5 rings (SSSR count). The van der Waals surface area contributed by atoms with Crippen molar-refractivity contribution in [3.8, 4) is 11.5 Å². The van der Waals surface area contributed by atoms with Gasteiger partial charge in [0.1, 0.15) is 16.9 Å². The van der Waals surface area contributed by atoms with Gasteiger partial charge in [-0.3, -0.25) is 9.69 Å². The highest BCUT2D eigenvalue weighted by atomic mass is 16.5. The molecule has 0 bridgehead atoms. The van der Waals surface area contributed by atoms with Crippen LogP contribution in [-0.2, 0) is 4.79 Å². The minimum Gasteiger partial charge on any atom is -0.457 e. The number of aryl methyl sites for hydroxylation is 2. The zero-order valence-electron chi connectivity index (χ0n) is 18.9. The molecular formula is C26H28N5O2+. The molecule has 168 valence electrons. The molecular weight excluding hydrogens is 414 g/mol. The third-order valence-corrected chi connectivity index (χ3v) is 6.20. The molecule has 0 spiro atoms. The van der Waals surface area contributed by atoms with Crippen LogP contribution in [-0.4, -0.2) is 29.0 Å². The molecule has 1 aliphatic rings. The van der Waals surface area contributed by atoms with Gasteiger partial charge < -0.3 is 15.0 Å². The second kappa shape index (κ2) is 8.94. The van der Waals surface area contributed by atoms with Gasteiger partial charge in [-0.25, -0.2) is 4.98 Å². The van der Waals surface area contributed by atoms with E-state index in [4.69, 9.17) is 4.74 Å². The summed E-state index contributed by atoms with van der Waals surface area (Å²) in [7, 11) is 0. The standard InChI is InChI=1S/C26H27N5O2/c1-17-5-3-7-21(13-17)33-22-8-4-6-20(14-22)30-26(32)19-9-11-31(12-10-19)25-23-18(2)15-27-24(23)28-16-29-25/h3-8,13-16,19H,9-12H2,1-2H3,(H,30,32)(H,27,28,29)/p+1. The summed E-state index contributed by atoms with van der Waals surface area (Å²) in [6.07, 6.45) is 5.29. The SMILES string of the molecule is Cc1cccc(Oc2cccc(NC(=O)C3CCN(c4[nH+]cnc5[nH]cc(C)c45)CC3)c2)c1. The fourth-order valence-corrected chi connectivity index (χ4v) is 4.45. The molecule has 3 heterocycles. The Morgan fingerprint density at radius 3 is 2.67 bits per heavy atom. The lowest BCUT2D eigenvalue weighted by atomic mass is 9.95. The van der Waals surface area contributed by atoms with E-state index in [1.807, 2.05) is 61.7 Å². The van der Waals surface area contributed by atoms with Crippen LogP contribution in [0.25, 0.3) is 11.0 Å². The van der Waals surface area contributed by atoms with Gasteiger partial charge in [-0.2, -0.15) is 0 Å². The molecule has 33 heavy (non-hydrogen) atoms. The van der Waals surface area contributed by atoms with Gasteiger partial charge in [0, 0.05) is 23.9 Å². The number of piperidine rings is 1. The number of rotatable bonds is 5. The Morgan fingerprint density at radius 1 is 1.12 bits per heavy atom. The summed E-state index contributed by atoms with van der Waals surface area (Å²) in [6.45, 7) is 5.74. The van der Waals surface area contributed by atoms with Crippen molar-refractivity contribution >= 4 is 28.4 Å². The Morgan fingerprint density at radius 2 is 1.88 bits per heavy atom. The number of H-pyrrole nitrogens is 2. The Labute approximate surface area is 192 Å². The molecule has 0 radical (unpaired) electrons. The maximum absolute atomic E-state index is 13.0. The minimum absolute atomic E-state index is 0.0211. The molecule has 7 heteroatoms. The van der Waals surface area contributed by atoms with E-state index in [0.29, 0.717) is 5.75 Å². The third kappa shape index (κ3) is 4.53. The van der Waals surface area contributed by atoms with Gasteiger partial charge in [0.25, 0.3) is 0 Å². The van der Waals surface area contributed by atoms with Crippen molar-refractivity contribution in [1.82, 2.24) is 9.97 Å². The number of hydrogen-bond acceptors (Lipinski definition) is 4. The largest absolute Gasteiger partial charge is 0.457 e. The first-order valence-corrected chi connectivity index (χ1v) is 11.3. The Balaban J connectivity index is 1.21. The number of amides is 1. The fourth-order valence-electron chi connectivity index (χ4n) is 4.45. The monoisotopic (exact) mass is 442 g/mol. The van der Waals surface area contributed by atoms with Gasteiger partial charge in [0.2, 0.25) is 23.7 Å². The fraction of sp³-hybridized carbons (Fsp3) is 0.269. The molecule has 1 saturated heterocycles. The predicted octanol–water partition coefficient (Wildman–Crippen LogP) is 4.64. The Kier molecular flexibility index (Phi) is 5.69. The number of fused-ring (bicyclic) bond motifs is 1. The minimum atomic E-state index is -0.0211. The number of ether oxygens (including phenoxy) is 1. The molecule has 0 atom stereocenters. The second-order valence-corrected chi connectivity index (χ2v) is 8.64. The smallest absolute Gasteiger partial charge is 0.234 e. The maximum Gasteiger partial charge on any atom is 0.234 e. The maximum atomic E-state index is 13.0. The molecule has 4 aromatic rings. The van der Waals surface area contributed by atoms with Crippen LogP contribution in [0.3, 0.4) is 0 Å². The number of aromatic nitrogens is 3. The number of hydrogen-bond donors (Lipinski definition) is 2. The summed E-state index contributed by atoms with van der Waals surface area (Å²) in [5.41, 5.74) is 3.94. The van der Waals surface area contributed by atoms with E-state index in [0.717, 1.165) is 65.3 Å². The van der Waals surface area contributed by atoms with Crippen molar-refractivity contribution in [2.45, 2.75) is 26.7 Å². The predicted molar refractivity (Wildman–Crippen MR) is 129 cm³/mol. The van der Waals surface area contributed by atoms with Gasteiger partial charge in [0.05, 0.1) is 13.1 Å². The van der Waals surface area contributed by atoms with Gasteiger partial charge >= 0.3 is 0 Å². The lowest BCUT2D eigenvalue weighted by molar-refractivity contribution is -0.367. The number of carbonyl (C=O) groups excluding carboxylic acids is 1. The lowest BCUT2D eigenvalue weighted by Gasteiger charge is -2.28. The van der Waals surface area contributed by atoms with Gasteiger partial charge in [-0.1, -0.05) is 23.2 Å². The molecule has 7 nitrogen and oxygen atoms in total. The first-order chi connectivity index (χ1) is 16.1. The number of anilines is 2. The molecule has 2 aromatic heterocycles. The molecule has 1 aliphatic heterocycles.